The Balaban J connectivity index is 2.84. The molecule has 1 aliphatic rings. The van der Waals surface area contributed by atoms with Gasteiger partial charge in [0.05, 0.1) is 5.33 Å². The van der Waals surface area contributed by atoms with Gasteiger partial charge in [-0.1, -0.05) is 15.9 Å². The first kappa shape index (κ1) is 14.4. The van der Waals surface area contributed by atoms with Crippen molar-refractivity contribution in [3.8, 4) is 0 Å². The third kappa shape index (κ3) is 3.41. The lowest BCUT2D eigenvalue weighted by atomic mass is 9.86. The van der Waals surface area contributed by atoms with Crippen LogP contribution in [0.1, 0.15) is 12.8 Å². The summed E-state index contributed by atoms with van der Waals surface area (Å²) < 4.78 is 41.5. The fourth-order valence-electron chi connectivity index (χ4n) is 1.61. The van der Waals surface area contributed by atoms with E-state index in [1.807, 2.05) is 0 Å². The Labute approximate surface area is 104 Å². The minimum absolute atomic E-state index is 0.0548. The highest BCUT2D eigenvalue weighted by atomic mass is 79.9. The predicted octanol–water partition coefficient (Wildman–Crippen LogP) is 1.18. The summed E-state index contributed by atoms with van der Waals surface area (Å²) >= 11 is 2.90. The van der Waals surface area contributed by atoms with Crippen LogP contribution in [-0.2, 0) is 14.3 Å². The standard InChI is InChI=1S/C9H11BrF3NO3/c10-5-6(15)8(1-3-17-4-2-8)14-7(16)9(11,12)13/h1-5H2,(H,14,16). The second-order valence-electron chi connectivity index (χ2n) is 3.70. The molecule has 1 rings (SSSR count). The number of rotatable bonds is 3. The van der Waals surface area contributed by atoms with Crippen LogP contribution in [0.3, 0.4) is 0 Å². The van der Waals surface area contributed by atoms with Crippen LogP contribution in [0.2, 0.25) is 0 Å². The zero-order chi connectivity index (χ0) is 13.1. The van der Waals surface area contributed by atoms with Crippen LogP contribution in [0.25, 0.3) is 0 Å². The summed E-state index contributed by atoms with van der Waals surface area (Å²) in [5, 5.41) is 1.69. The molecule has 1 aliphatic heterocycles. The largest absolute Gasteiger partial charge is 0.471 e. The third-order valence-corrected chi connectivity index (χ3v) is 3.12. The topological polar surface area (TPSA) is 55.4 Å². The van der Waals surface area contributed by atoms with Crippen molar-refractivity contribution >= 4 is 27.6 Å². The molecule has 98 valence electrons. The van der Waals surface area contributed by atoms with Gasteiger partial charge in [-0.15, -0.1) is 0 Å². The lowest BCUT2D eigenvalue weighted by molar-refractivity contribution is -0.177. The van der Waals surface area contributed by atoms with E-state index in [1.165, 1.54) is 0 Å². The van der Waals surface area contributed by atoms with Gasteiger partial charge in [0.2, 0.25) is 0 Å². The zero-order valence-corrected chi connectivity index (χ0v) is 10.4. The molecule has 1 N–H and O–H groups in total. The van der Waals surface area contributed by atoms with Crippen molar-refractivity contribution in [2.45, 2.75) is 24.6 Å². The van der Waals surface area contributed by atoms with Gasteiger partial charge in [-0.3, -0.25) is 9.59 Å². The van der Waals surface area contributed by atoms with Gasteiger partial charge >= 0.3 is 12.1 Å². The number of ether oxygens (including phenoxy) is 1. The second-order valence-corrected chi connectivity index (χ2v) is 4.26. The number of carbonyl (C=O) groups excluding carboxylic acids is 2. The number of ketones is 1. The van der Waals surface area contributed by atoms with Crippen LogP contribution in [0.4, 0.5) is 13.2 Å². The monoisotopic (exact) mass is 317 g/mol. The smallest absolute Gasteiger partial charge is 0.381 e. The zero-order valence-electron chi connectivity index (χ0n) is 8.77. The van der Waals surface area contributed by atoms with Crippen LogP contribution in [0, 0.1) is 0 Å². The van der Waals surface area contributed by atoms with Crippen molar-refractivity contribution in [3.63, 3.8) is 0 Å². The van der Waals surface area contributed by atoms with Crippen molar-refractivity contribution in [1.82, 2.24) is 5.32 Å². The molecule has 0 unspecified atom stereocenters. The summed E-state index contributed by atoms with van der Waals surface area (Å²) in [6, 6.07) is 0. The molecule has 0 aromatic carbocycles. The normalized spacial score (nSPS) is 19.8. The highest BCUT2D eigenvalue weighted by Gasteiger charge is 2.47. The molecule has 0 aromatic rings. The number of Topliss-reactive ketones (excluding diaryl/α,β-unsaturated/α-hetero) is 1. The molecule has 0 bridgehead atoms. The molecule has 0 atom stereocenters. The number of halogens is 4. The predicted molar refractivity (Wildman–Crippen MR) is 55.8 cm³/mol. The van der Waals surface area contributed by atoms with Gasteiger partial charge in [-0.25, -0.2) is 0 Å². The van der Waals surface area contributed by atoms with E-state index in [4.69, 9.17) is 4.74 Å². The van der Waals surface area contributed by atoms with Crippen molar-refractivity contribution in [2.75, 3.05) is 18.5 Å². The number of hydrogen-bond donors (Lipinski definition) is 1. The lowest BCUT2D eigenvalue weighted by Crippen LogP contribution is -2.60. The molecular formula is C9H11BrF3NO3. The van der Waals surface area contributed by atoms with Crippen molar-refractivity contribution in [3.05, 3.63) is 0 Å². The Hall–Kier alpha value is -0.630. The average molecular weight is 318 g/mol. The summed E-state index contributed by atoms with van der Waals surface area (Å²) in [7, 11) is 0. The number of amides is 1. The Morgan fingerprint density at radius 1 is 1.29 bits per heavy atom. The van der Waals surface area contributed by atoms with E-state index in [1.54, 1.807) is 5.32 Å². The SMILES string of the molecule is O=C(NC1(C(=O)CBr)CCOCC1)C(F)(F)F. The highest BCUT2D eigenvalue weighted by Crippen LogP contribution is 2.25. The van der Waals surface area contributed by atoms with Crippen molar-refractivity contribution < 1.29 is 27.5 Å². The van der Waals surface area contributed by atoms with Gasteiger partial charge < -0.3 is 10.1 Å². The Bertz CT molecular complexity index is 313. The fourth-order valence-corrected chi connectivity index (χ4v) is 2.15. The van der Waals surface area contributed by atoms with E-state index in [0.29, 0.717) is 0 Å². The van der Waals surface area contributed by atoms with Crippen LogP contribution in [-0.4, -0.2) is 41.9 Å². The molecule has 1 amide bonds. The summed E-state index contributed by atoms with van der Waals surface area (Å²) in [6.45, 7) is 0.299. The maximum Gasteiger partial charge on any atom is 0.471 e. The maximum atomic E-state index is 12.2. The molecule has 1 saturated heterocycles. The molecule has 0 aromatic heterocycles. The van der Waals surface area contributed by atoms with E-state index in [-0.39, 0.29) is 31.4 Å². The van der Waals surface area contributed by atoms with Gasteiger partial charge in [0.15, 0.2) is 5.78 Å². The minimum atomic E-state index is -4.99. The molecule has 8 heteroatoms. The van der Waals surface area contributed by atoms with Crippen molar-refractivity contribution in [2.24, 2.45) is 0 Å². The highest BCUT2D eigenvalue weighted by molar-refractivity contribution is 9.09. The first-order chi connectivity index (χ1) is 7.82. The van der Waals surface area contributed by atoms with Gasteiger partial charge in [0, 0.05) is 26.1 Å². The van der Waals surface area contributed by atoms with Gasteiger partial charge in [0.1, 0.15) is 5.54 Å². The maximum absolute atomic E-state index is 12.2. The van der Waals surface area contributed by atoms with E-state index in [2.05, 4.69) is 15.9 Å². The molecule has 1 fully saturated rings. The van der Waals surface area contributed by atoms with E-state index in [0.717, 1.165) is 0 Å². The molecule has 0 aliphatic carbocycles. The molecule has 4 nitrogen and oxygen atoms in total. The van der Waals surface area contributed by atoms with E-state index in [9.17, 15) is 22.8 Å². The van der Waals surface area contributed by atoms with Gasteiger partial charge in [-0.2, -0.15) is 13.2 Å². The quantitative estimate of drug-likeness (QED) is 0.795. The van der Waals surface area contributed by atoms with Crippen LogP contribution in [0.15, 0.2) is 0 Å². The van der Waals surface area contributed by atoms with Crippen LogP contribution in [0.5, 0.6) is 0 Å². The molecular weight excluding hydrogens is 307 g/mol. The van der Waals surface area contributed by atoms with Gasteiger partial charge in [0.25, 0.3) is 0 Å². The lowest BCUT2D eigenvalue weighted by Gasteiger charge is -2.36. The minimum Gasteiger partial charge on any atom is -0.381 e. The van der Waals surface area contributed by atoms with E-state index >= 15 is 0 Å². The summed E-state index contributed by atoms with van der Waals surface area (Å²) in [5.41, 5.74) is -1.46. The van der Waals surface area contributed by atoms with Crippen LogP contribution < -0.4 is 5.32 Å². The number of carbonyl (C=O) groups is 2. The summed E-state index contributed by atoms with van der Waals surface area (Å²) in [4.78, 5) is 22.6. The number of alkyl halides is 4. The number of hydrogen-bond acceptors (Lipinski definition) is 3. The number of nitrogens with one attached hydrogen (secondary N) is 1. The first-order valence-corrected chi connectivity index (χ1v) is 6.00. The van der Waals surface area contributed by atoms with Crippen LogP contribution >= 0.6 is 15.9 Å². The first-order valence-electron chi connectivity index (χ1n) is 4.88. The Kier molecular flexibility index (Phi) is 4.54. The molecule has 0 radical (unpaired) electrons. The Morgan fingerprint density at radius 2 is 1.82 bits per heavy atom. The molecule has 1 heterocycles. The van der Waals surface area contributed by atoms with Crippen molar-refractivity contribution in [1.29, 1.82) is 0 Å². The molecule has 17 heavy (non-hydrogen) atoms. The molecule has 0 spiro atoms. The van der Waals surface area contributed by atoms with E-state index < -0.39 is 23.4 Å². The Morgan fingerprint density at radius 3 is 2.24 bits per heavy atom. The fraction of sp³-hybridized carbons (Fsp3) is 0.778. The van der Waals surface area contributed by atoms with Gasteiger partial charge in [-0.05, 0) is 0 Å². The molecule has 0 saturated carbocycles. The summed E-state index contributed by atoms with van der Waals surface area (Å²) in [6.07, 6.45) is -4.88. The average Bonchev–Trinajstić information content (AvgIpc) is 2.27. The third-order valence-electron chi connectivity index (χ3n) is 2.61. The summed E-state index contributed by atoms with van der Waals surface area (Å²) in [5.74, 6) is -2.56. The second kappa shape index (κ2) is 5.34.